The Bertz CT molecular complexity index is 843. The summed E-state index contributed by atoms with van der Waals surface area (Å²) in [5.74, 6) is 0.353. The number of hydrogen-bond donors (Lipinski definition) is 0. The molecule has 2 aromatic rings. The minimum Gasteiger partial charge on any atom is -0.340 e. The number of rotatable bonds is 5. The smallest absolute Gasteiger partial charge is 0.228 e. The largest absolute Gasteiger partial charge is 0.340 e. The summed E-state index contributed by atoms with van der Waals surface area (Å²) in [6, 6.07) is 12.5. The van der Waals surface area contributed by atoms with E-state index in [9.17, 15) is 4.79 Å². The maximum Gasteiger partial charge on any atom is 0.228 e. The molecule has 0 radical (unpaired) electrons. The predicted octanol–water partition coefficient (Wildman–Crippen LogP) is 3.79. The molecule has 0 aliphatic carbocycles. The van der Waals surface area contributed by atoms with Gasteiger partial charge in [-0.2, -0.15) is 0 Å². The third-order valence-corrected chi connectivity index (χ3v) is 7.42. The van der Waals surface area contributed by atoms with Crippen LogP contribution in [-0.2, 0) is 17.9 Å². The minimum absolute atomic E-state index is 0.223. The van der Waals surface area contributed by atoms with Crippen molar-refractivity contribution >= 4 is 21.8 Å². The molecule has 2 aliphatic heterocycles. The Hall–Kier alpha value is -1.76. The van der Waals surface area contributed by atoms with Crippen molar-refractivity contribution in [1.82, 2.24) is 19.7 Å². The maximum atomic E-state index is 13.3. The molecule has 1 aromatic heterocycles. The highest BCUT2D eigenvalue weighted by atomic mass is 79.9. The number of piperazine rings is 1. The van der Waals surface area contributed by atoms with Crippen LogP contribution in [0.25, 0.3) is 0 Å². The molecule has 4 rings (SSSR count). The van der Waals surface area contributed by atoms with Crippen molar-refractivity contribution in [3.05, 3.63) is 64.4 Å². The summed E-state index contributed by atoms with van der Waals surface area (Å²) < 4.78 is 1.16. The molecule has 1 aromatic carbocycles. The van der Waals surface area contributed by atoms with Gasteiger partial charge in [0.15, 0.2) is 0 Å². The summed E-state index contributed by atoms with van der Waals surface area (Å²) in [7, 11) is 0. The third-order valence-electron chi connectivity index (χ3n) is 6.64. The molecule has 1 amide bonds. The topological polar surface area (TPSA) is 39.7 Å². The van der Waals surface area contributed by atoms with E-state index in [0.717, 1.165) is 69.7 Å². The Morgan fingerprint density at radius 2 is 1.57 bits per heavy atom. The number of carbonyl (C=O) groups excluding carboxylic acids is 1. The van der Waals surface area contributed by atoms with Crippen molar-refractivity contribution in [2.45, 2.75) is 32.9 Å². The number of halogens is 1. The van der Waals surface area contributed by atoms with Gasteiger partial charge in [-0.1, -0.05) is 41.1 Å². The number of pyridine rings is 1. The van der Waals surface area contributed by atoms with Crippen molar-refractivity contribution in [1.29, 1.82) is 0 Å². The van der Waals surface area contributed by atoms with E-state index in [0.29, 0.717) is 5.91 Å². The van der Waals surface area contributed by atoms with Gasteiger partial charge in [-0.15, -0.1) is 0 Å². The number of nitrogens with zero attached hydrogens (tertiary/aromatic N) is 4. The van der Waals surface area contributed by atoms with Gasteiger partial charge in [0.2, 0.25) is 5.91 Å². The van der Waals surface area contributed by atoms with E-state index in [1.807, 2.05) is 18.5 Å². The Morgan fingerprint density at radius 3 is 2.23 bits per heavy atom. The molecular weight excluding hydrogens is 440 g/mol. The fourth-order valence-electron chi connectivity index (χ4n) is 4.52. The van der Waals surface area contributed by atoms with Crippen molar-refractivity contribution in [3.8, 4) is 0 Å². The van der Waals surface area contributed by atoms with Crippen LogP contribution in [0.2, 0.25) is 0 Å². The molecule has 2 saturated heterocycles. The molecule has 0 unspecified atom stereocenters. The molecule has 6 heteroatoms. The molecule has 3 heterocycles. The molecule has 0 spiro atoms. The number of piperidine rings is 1. The van der Waals surface area contributed by atoms with Gasteiger partial charge in [-0.05, 0) is 55.3 Å². The van der Waals surface area contributed by atoms with Crippen LogP contribution in [0.1, 0.15) is 30.9 Å². The first-order valence-electron chi connectivity index (χ1n) is 10.9. The Labute approximate surface area is 188 Å². The Balaban J connectivity index is 1.26. The van der Waals surface area contributed by atoms with Crippen LogP contribution in [0.3, 0.4) is 0 Å². The van der Waals surface area contributed by atoms with E-state index in [-0.39, 0.29) is 5.41 Å². The van der Waals surface area contributed by atoms with Crippen LogP contribution in [0, 0.1) is 5.41 Å². The number of amides is 1. The van der Waals surface area contributed by atoms with Crippen LogP contribution >= 0.6 is 15.9 Å². The summed E-state index contributed by atoms with van der Waals surface area (Å²) in [5.41, 5.74) is 2.38. The van der Waals surface area contributed by atoms with Gasteiger partial charge in [0.05, 0.1) is 0 Å². The fourth-order valence-corrected chi connectivity index (χ4v) is 4.93. The predicted molar refractivity (Wildman–Crippen MR) is 123 cm³/mol. The standard InChI is InChI=1S/C24H31BrN4O/c1-24(8-12-27(13-9-24)18-20-6-10-26-11-7-20)23(30)29-16-14-28(15-17-29)19-21-4-2-3-5-22(21)25/h2-7,10-11H,8-9,12-19H2,1H3. The highest BCUT2D eigenvalue weighted by molar-refractivity contribution is 9.10. The molecule has 2 aliphatic rings. The van der Waals surface area contributed by atoms with E-state index in [2.05, 4.69) is 72.9 Å². The van der Waals surface area contributed by atoms with Crippen LogP contribution in [-0.4, -0.2) is 64.9 Å². The zero-order chi connectivity index (χ0) is 21.0. The lowest BCUT2D eigenvalue weighted by atomic mass is 9.78. The van der Waals surface area contributed by atoms with E-state index in [1.54, 1.807) is 0 Å². The second-order valence-corrected chi connectivity index (χ2v) is 9.71. The molecule has 5 nitrogen and oxygen atoms in total. The first-order chi connectivity index (χ1) is 14.5. The van der Waals surface area contributed by atoms with Crippen molar-refractivity contribution in [3.63, 3.8) is 0 Å². The quantitative estimate of drug-likeness (QED) is 0.666. The van der Waals surface area contributed by atoms with E-state index in [1.165, 1.54) is 11.1 Å². The highest BCUT2D eigenvalue weighted by Crippen LogP contribution is 2.34. The van der Waals surface area contributed by atoms with Gasteiger partial charge in [-0.3, -0.25) is 19.6 Å². The first kappa shape index (κ1) is 21.5. The number of likely N-dealkylation sites (tertiary alicyclic amines) is 1. The molecule has 0 N–H and O–H groups in total. The monoisotopic (exact) mass is 470 g/mol. The average molecular weight is 471 g/mol. The zero-order valence-corrected chi connectivity index (χ0v) is 19.4. The SMILES string of the molecule is CC1(C(=O)N2CCN(Cc3ccccc3Br)CC2)CCN(Cc2ccncc2)CC1. The van der Waals surface area contributed by atoms with Crippen LogP contribution in [0.5, 0.6) is 0 Å². The van der Waals surface area contributed by atoms with Crippen molar-refractivity contribution < 1.29 is 4.79 Å². The molecular formula is C24H31BrN4O. The van der Waals surface area contributed by atoms with Crippen molar-refractivity contribution in [2.75, 3.05) is 39.3 Å². The van der Waals surface area contributed by atoms with Crippen LogP contribution in [0.4, 0.5) is 0 Å². The lowest BCUT2D eigenvalue weighted by Crippen LogP contribution is -2.54. The maximum absolute atomic E-state index is 13.3. The summed E-state index contributed by atoms with van der Waals surface area (Å²) in [6.07, 6.45) is 5.58. The van der Waals surface area contributed by atoms with Crippen LogP contribution < -0.4 is 0 Å². The summed E-state index contributed by atoms with van der Waals surface area (Å²) >= 11 is 3.64. The molecule has 2 fully saturated rings. The van der Waals surface area contributed by atoms with Gasteiger partial charge in [0.1, 0.15) is 0 Å². The van der Waals surface area contributed by atoms with Gasteiger partial charge in [-0.25, -0.2) is 0 Å². The molecule has 160 valence electrons. The number of carbonyl (C=O) groups is 1. The lowest BCUT2D eigenvalue weighted by molar-refractivity contribution is -0.146. The van der Waals surface area contributed by atoms with E-state index in [4.69, 9.17) is 0 Å². The second-order valence-electron chi connectivity index (χ2n) is 8.85. The molecule has 30 heavy (non-hydrogen) atoms. The Kier molecular flexibility index (Phi) is 6.86. The molecule has 0 atom stereocenters. The Morgan fingerprint density at radius 1 is 0.933 bits per heavy atom. The van der Waals surface area contributed by atoms with Gasteiger partial charge in [0.25, 0.3) is 0 Å². The zero-order valence-electron chi connectivity index (χ0n) is 17.8. The average Bonchev–Trinajstić information content (AvgIpc) is 2.78. The number of aromatic nitrogens is 1. The van der Waals surface area contributed by atoms with Gasteiger partial charge >= 0.3 is 0 Å². The van der Waals surface area contributed by atoms with Crippen molar-refractivity contribution in [2.24, 2.45) is 5.41 Å². The summed E-state index contributed by atoms with van der Waals surface area (Å²) in [6.45, 7) is 9.56. The minimum atomic E-state index is -0.223. The van der Waals surface area contributed by atoms with Gasteiger partial charge in [0, 0.05) is 61.5 Å². The summed E-state index contributed by atoms with van der Waals surface area (Å²) in [4.78, 5) is 24.4. The van der Waals surface area contributed by atoms with E-state index >= 15 is 0 Å². The second kappa shape index (κ2) is 9.58. The first-order valence-corrected chi connectivity index (χ1v) is 11.7. The number of hydrogen-bond acceptors (Lipinski definition) is 4. The number of benzene rings is 1. The fraction of sp³-hybridized carbons (Fsp3) is 0.500. The normalized spacial score (nSPS) is 20.3. The third kappa shape index (κ3) is 5.10. The molecule has 0 bridgehead atoms. The highest BCUT2D eigenvalue weighted by Gasteiger charge is 2.40. The summed E-state index contributed by atoms with van der Waals surface area (Å²) in [5, 5.41) is 0. The van der Waals surface area contributed by atoms with Crippen LogP contribution in [0.15, 0.2) is 53.3 Å². The van der Waals surface area contributed by atoms with E-state index < -0.39 is 0 Å². The molecule has 0 saturated carbocycles. The van der Waals surface area contributed by atoms with Gasteiger partial charge < -0.3 is 4.90 Å². The lowest BCUT2D eigenvalue weighted by Gasteiger charge is -2.43.